The summed E-state index contributed by atoms with van der Waals surface area (Å²) in [5.74, 6) is 1.81. The number of thiophene rings is 1. The van der Waals surface area contributed by atoms with Crippen molar-refractivity contribution in [3.8, 4) is 0 Å². The van der Waals surface area contributed by atoms with Crippen LogP contribution in [0.3, 0.4) is 0 Å². The van der Waals surface area contributed by atoms with E-state index >= 15 is 0 Å². The fraction of sp³-hybridized carbons (Fsp3) is 0.750. The molecule has 0 spiro atoms. The Labute approximate surface area is 168 Å². The molecule has 2 aliphatic rings. The first-order valence-corrected chi connectivity index (χ1v) is 11.2. The van der Waals surface area contributed by atoms with Crippen LogP contribution in [0.4, 0.5) is 5.00 Å². The SMILES string of the molecule is CCNC(=NCC1CCN(CCOC)CC1)N1CCN(c2cccs2)CC1. The molecule has 1 aromatic rings. The number of hydrogen-bond acceptors (Lipinski definition) is 5. The second-order valence-corrected chi connectivity index (χ2v) is 8.32. The maximum Gasteiger partial charge on any atom is 0.194 e. The highest BCUT2D eigenvalue weighted by Gasteiger charge is 2.22. The zero-order valence-corrected chi connectivity index (χ0v) is 17.7. The first-order valence-electron chi connectivity index (χ1n) is 10.3. The molecule has 0 amide bonds. The van der Waals surface area contributed by atoms with Gasteiger partial charge in [-0.05, 0) is 56.3 Å². The highest BCUT2D eigenvalue weighted by molar-refractivity contribution is 7.14. The summed E-state index contributed by atoms with van der Waals surface area (Å²) in [6.45, 7) is 12.5. The molecule has 0 aromatic carbocycles. The fourth-order valence-electron chi connectivity index (χ4n) is 3.84. The van der Waals surface area contributed by atoms with Gasteiger partial charge in [0.15, 0.2) is 5.96 Å². The van der Waals surface area contributed by atoms with E-state index in [1.165, 1.54) is 30.9 Å². The van der Waals surface area contributed by atoms with Crippen LogP contribution in [0, 0.1) is 5.92 Å². The van der Waals surface area contributed by atoms with Crippen LogP contribution in [0.2, 0.25) is 0 Å². The lowest BCUT2D eigenvalue weighted by molar-refractivity contribution is 0.121. The van der Waals surface area contributed by atoms with Crippen LogP contribution in [0.15, 0.2) is 22.5 Å². The van der Waals surface area contributed by atoms with Crippen molar-refractivity contribution in [3.63, 3.8) is 0 Å². The monoisotopic (exact) mass is 393 g/mol. The molecule has 0 atom stereocenters. The molecular weight excluding hydrogens is 358 g/mol. The van der Waals surface area contributed by atoms with Gasteiger partial charge in [0.25, 0.3) is 0 Å². The van der Waals surface area contributed by atoms with Gasteiger partial charge in [-0.15, -0.1) is 11.3 Å². The standard InChI is InChI=1S/C20H35N5OS/c1-3-21-20(22-17-18-6-8-23(9-7-18)14-15-26-2)25-12-10-24(11-13-25)19-5-4-16-27-19/h4-5,16,18H,3,6-15,17H2,1-2H3,(H,21,22). The van der Waals surface area contributed by atoms with E-state index in [2.05, 4.69) is 44.5 Å². The molecule has 27 heavy (non-hydrogen) atoms. The predicted molar refractivity (Wildman–Crippen MR) is 115 cm³/mol. The molecule has 3 rings (SSSR count). The molecule has 7 heteroatoms. The highest BCUT2D eigenvalue weighted by Crippen LogP contribution is 2.22. The van der Waals surface area contributed by atoms with Crippen LogP contribution in [0.5, 0.6) is 0 Å². The van der Waals surface area contributed by atoms with E-state index in [0.717, 1.165) is 58.4 Å². The van der Waals surface area contributed by atoms with Crippen LogP contribution in [-0.2, 0) is 4.74 Å². The van der Waals surface area contributed by atoms with Crippen molar-refractivity contribution in [2.75, 3.05) is 77.5 Å². The van der Waals surface area contributed by atoms with Crippen molar-refractivity contribution in [2.45, 2.75) is 19.8 Å². The zero-order valence-electron chi connectivity index (χ0n) is 16.9. The molecule has 152 valence electrons. The number of hydrogen-bond donors (Lipinski definition) is 1. The lowest BCUT2D eigenvalue weighted by Gasteiger charge is -2.37. The van der Waals surface area contributed by atoms with E-state index in [-0.39, 0.29) is 0 Å². The van der Waals surface area contributed by atoms with Gasteiger partial charge in [0.2, 0.25) is 0 Å². The first kappa shape index (κ1) is 20.4. The Morgan fingerprint density at radius 3 is 2.63 bits per heavy atom. The number of aliphatic imine (C=N–C) groups is 1. The van der Waals surface area contributed by atoms with Crippen molar-refractivity contribution in [1.82, 2.24) is 15.1 Å². The number of nitrogens with one attached hydrogen (secondary N) is 1. The van der Waals surface area contributed by atoms with Crippen molar-refractivity contribution in [3.05, 3.63) is 17.5 Å². The van der Waals surface area contributed by atoms with E-state index in [1.54, 1.807) is 7.11 Å². The number of rotatable bonds is 7. The van der Waals surface area contributed by atoms with Crippen molar-refractivity contribution in [2.24, 2.45) is 10.9 Å². The smallest absolute Gasteiger partial charge is 0.194 e. The molecule has 1 aromatic heterocycles. The average Bonchev–Trinajstić information content (AvgIpc) is 3.25. The third-order valence-electron chi connectivity index (χ3n) is 5.55. The Morgan fingerprint density at radius 2 is 2.00 bits per heavy atom. The molecule has 3 heterocycles. The van der Waals surface area contributed by atoms with Crippen molar-refractivity contribution < 1.29 is 4.74 Å². The molecule has 2 fully saturated rings. The number of nitrogens with zero attached hydrogens (tertiary/aromatic N) is 4. The summed E-state index contributed by atoms with van der Waals surface area (Å²) < 4.78 is 5.20. The predicted octanol–water partition coefficient (Wildman–Crippen LogP) is 2.19. The number of guanidine groups is 1. The molecular formula is C20H35N5OS. The molecule has 0 bridgehead atoms. The molecule has 0 unspecified atom stereocenters. The Balaban J connectivity index is 1.46. The van der Waals surface area contributed by atoms with Gasteiger partial charge in [-0.1, -0.05) is 0 Å². The van der Waals surface area contributed by atoms with Gasteiger partial charge in [0, 0.05) is 52.9 Å². The summed E-state index contributed by atoms with van der Waals surface area (Å²) >= 11 is 1.83. The van der Waals surface area contributed by atoms with Crippen molar-refractivity contribution >= 4 is 22.3 Å². The summed E-state index contributed by atoms with van der Waals surface area (Å²) in [6.07, 6.45) is 2.50. The molecule has 1 N–H and O–H groups in total. The minimum atomic E-state index is 0.713. The Morgan fingerprint density at radius 1 is 1.22 bits per heavy atom. The van der Waals surface area contributed by atoms with E-state index < -0.39 is 0 Å². The van der Waals surface area contributed by atoms with Crippen molar-refractivity contribution in [1.29, 1.82) is 0 Å². The lowest BCUT2D eigenvalue weighted by Crippen LogP contribution is -2.52. The minimum Gasteiger partial charge on any atom is -0.383 e. The number of ether oxygens (including phenoxy) is 1. The van der Waals surface area contributed by atoms with Crippen LogP contribution in [0.25, 0.3) is 0 Å². The molecule has 6 nitrogen and oxygen atoms in total. The number of piperidine rings is 1. The maximum absolute atomic E-state index is 5.20. The molecule has 0 radical (unpaired) electrons. The molecule has 2 saturated heterocycles. The summed E-state index contributed by atoms with van der Waals surface area (Å²) in [6, 6.07) is 4.36. The fourth-order valence-corrected chi connectivity index (χ4v) is 4.63. The van der Waals surface area contributed by atoms with Crippen LogP contribution in [-0.4, -0.2) is 88.4 Å². The highest BCUT2D eigenvalue weighted by atomic mass is 32.1. The molecule has 0 aliphatic carbocycles. The maximum atomic E-state index is 5.20. The molecule has 0 saturated carbocycles. The normalized spacial score (nSPS) is 20.3. The second-order valence-electron chi connectivity index (χ2n) is 7.40. The Kier molecular flexibility index (Phi) is 8.23. The number of methoxy groups -OCH3 is 1. The minimum absolute atomic E-state index is 0.713. The van der Waals surface area contributed by atoms with Gasteiger partial charge < -0.3 is 24.8 Å². The second kappa shape index (κ2) is 10.9. The quantitative estimate of drug-likeness (QED) is 0.568. The topological polar surface area (TPSA) is 43.3 Å². The van der Waals surface area contributed by atoms with Gasteiger partial charge >= 0.3 is 0 Å². The van der Waals surface area contributed by atoms with Crippen LogP contribution >= 0.6 is 11.3 Å². The summed E-state index contributed by atoms with van der Waals surface area (Å²) in [7, 11) is 1.78. The third kappa shape index (κ3) is 6.09. The summed E-state index contributed by atoms with van der Waals surface area (Å²) in [5.41, 5.74) is 0. The van der Waals surface area contributed by atoms with Gasteiger partial charge in [-0.25, -0.2) is 0 Å². The number of piperazine rings is 1. The average molecular weight is 394 g/mol. The van der Waals surface area contributed by atoms with Gasteiger partial charge in [-0.2, -0.15) is 0 Å². The van der Waals surface area contributed by atoms with E-state index in [1.807, 2.05) is 11.3 Å². The summed E-state index contributed by atoms with van der Waals surface area (Å²) in [5, 5.41) is 7.06. The van der Waals surface area contributed by atoms with Gasteiger partial charge in [0.1, 0.15) is 0 Å². The van der Waals surface area contributed by atoms with Gasteiger partial charge in [-0.3, -0.25) is 4.99 Å². The number of anilines is 1. The van der Waals surface area contributed by atoms with E-state index in [9.17, 15) is 0 Å². The van der Waals surface area contributed by atoms with E-state index in [4.69, 9.17) is 9.73 Å². The summed E-state index contributed by atoms with van der Waals surface area (Å²) in [4.78, 5) is 12.4. The van der Waals surface area contributed by atoms with Crippen LogP contribution in [0.1, 0.15) is 19.8 Å². The number of likely N-dealkylation sites (tertiary alicyclic amines) is 1. The largest absolute Gasteiger partial charge is 0.383 e. The Bertz CT molecular complexity index is 549. The molecule has 2 aliphatic heterocycles. The van der Waals surface area contributed by atoms with E-state index in [0.29, 0.717) is 5.92 Å². The van der Waals surface area contributed by atoms with Gasteiger partial charge in [0.05, 0.1) is 11.6 Å². The van der Waals surface area contributed by atoms with Crippen LogP contribution < -0.4 is 10.2 Å². The Hall–Kier alpha value is -1.31. The zero-order chi connectivity index (χ0) is 18.9. The third-order valence-corrected chi connectivity index (χ3v) is 6.48. The first-order chi connectivity index (χ1) is 13.3. The lowest BCUT2D eigenvalue weighted by atomic mass is 9.97.